The maximum Gasteiger partial charge on any atom is 0.254 e. The molecule has 0 aliphatic heterocycles. The number of aryl methyl sites for hydroxylation is 1. The molecule has 0 saturated heterocycles. The highest BCUT2D eigenvalue weighted by Gasteiger charge is 2.20. The monoisotopic (exact) mass is 301 g/mol. The van der Waals surface area contributed by atoms with Crippen molar-refractivity contribution >= 4 is 5.91 Å². The molecule has 2 rings (SSSR count). The van der Waals surface area contributed by atoms with Crippen molar-refractivity contribution in [2.24, 2.45) is 5.92 Å². The Hall–Kier alpha value is -2.14. The number of aromatic nitrogens is 2. The molecule has 1 amide bonds. The van der Waals surface area contributed by atoms with Gasteiger partial charge in [0.1, 0.15) is 0 Å². The second-order valence-electron chi connectivity index (χ2n) is 5.74. The lowest BCUT2D eigenvalue weighted by Crippen LogP contribution is -2.39. The molecule has 0 radical (unpaired) electrons. The van der Waals surface area contributed by atoms with Crippen LogP contribution < -0.4 is 5.32 Å². The summed E-state index contributed by atoms with van der Waals surface area (Å²) in [6.07, 6.45) is 2.30. The van der Waals surface area contributed by atoms with E-state index in [1.54, 1.807) is 10.9 Å². The molecule has 22 heavy (non-hydrogen) atoms. The maximum absolute atomic E-state index is 12.5. The van der Waals surface area contributed by atoms with Gasteiger partial charge in [-0.05, 0) is 31.4 Å². The van der Waals surface area contributed by atoms with Crippen LogP contribution in [-0.2, 0) is 0 Å². The number of rotatable bonds is 6. The van der Waals surface area contributed by atoms with E-state index in [0.717, 1.165) is 5.69 Å². The van der Waals surface area contributed by atoms with E-state index >= 15 is 0 Å². The summed E-state index contributed by atoms with van der Waals surface area (Å²) in [5.74, 6) is 0.118. The molecule has 1 atom stereocenters. The Morgan fingerprint density at radius 2 is 2.00 bits per heavy atom. The summed E-state index contributed by atoms with van der Waals surface area (Å²) in [4.78, 5) is 12.5. The number of nitrogens with zero attached hydrogens (tertiary/aromatic N) is 2. The van der Waals surface area contributed by atoms with Gasteiger partial charge in [0, 0.05) is 18.8 Å². The molecular formula is C17H23N3O2. The van der Waals surface area contributed by atoms with Crippen LogP contribution in [0, 0.1) is 12.8 Å². The van der Waals surface area contributed by atoms with Gasteiger partial charge in [0.2, 0.25) is 0 Å². The van der Waals surface area contributed by atoms with Gasteiger partial charge in [-0.25, -0.2) is 4.68 Å². The minimum atomic E-state index is -0.146. The molecule has 1 aromatic heterocycles. The van der Waals surface area contributed by atoms with Crippen molar-refractivity contribution in [3.05, 3.63) is 47.8 Å². The zero-order valence-corrected chi connectivity index (χ0v) is 13.3. The number of nitrogens with one attached hydrogen (secondary N) is 1. The minimum absolute atomic E-state index is 0.0445. The number of para-hydroxylation sites is 1. The molecule has 1 aromatic carbocycles. The maximum atomic E-state index is 12.5. The topological polar surface area (TPSA) is 67.2 Å². The van der Waals surface area contributed by atoms with E-state index in [-0.39, 0.29) is 24.5 Å². The number of hydrogen-bond acceptors (Lipinski definition) is 3. The first-order valence-electron chi connectivity index (χ1n) is 7.56. The Morgan fingerprint density at radius 1 is 1.32 bits per heavy atom. The van der Waals surface area contributed by atoms with Gasteiger partial charge in [-0.2, -0.15) is 5.10 Å². The Labute approximate surface area is 131 Å². The number of amides is 1. The van der Waals surface area contributed by atoms with Crippen LogP contribution in [0.4, 0.5) is 0 Å². The van der Waals surface area contributed by atoms with Crippen molar-refractivity contribution < 1.29 is 9.90 Å². The molecule has 0 saturated carbocycles. The number of benzene rings is 1. The average Bonchev–Trinajstić information content (AvgIpc) is 2.89. The van der Waals surface area contributed by atoms with Crippen LogP contribution in [-0.4, -0.2) is 33.4 Å². The molecule has 5 nitrogen and oxygen atoms in total. The normalized spacial score (nSPS) is 12.4. The lowest BCUT2D eigenvalue weighted by atomic mass is 10.0. The smallest absolute Gasteiger partial charge is 0.254 e. The predicted molar refractivity (Wildman–Crippen MR) is 86.1 cm³/mol. The predicted octanol–water partition coefficient (Wildman–Crippen LogP) is 2.32. The van der Waals surface area contributed by atoms with Gasteiger partial charge >= 0.3 is 0 Å². The van der Waals surface area contributed by atoms with Crippen LogP contribution in [0.1, 0.15) is 36.3 Å². The standard InChI is InChI=1S/C17H23N3O2/c1-12(2)16(9-10-21)18-17(22)15-11-20(19-13(15)3)14-7-5-4-6-8-14/h4-8,11-12,16,21H,9-10H2,1-3H3,(H,18,22). The SMILES string of the molecule is Cc1nn(-c2ccccc2)cc1C(=O)NC(CCO)C(C)C. The molecule has 0 bridgehead atoms. The average molecular weight is 301 g/mol. The Morgan fingerprint density at radius 3 is 2.59 bits per heavy atom. The molecule has 0 aliphatic rings. The van der Waals surface area contributed by atoms with E-state index in [2.05, 4.69) is 10.4 Å². The summed E-state index contributed by atoms with van der Waals surface area (Å²) in [5.41, 5.74) is 2.17. The summed E-state index contributed by atoms with van der Waals surface area (Å²) >= 11 is 0. The van der Waals surface area contributed by atoms with Gasteiger partial charge in [0.05, 0.1) is 16.9 Å². The summed E-state index contributed by atoms with van der Waals surface area (Å²) in [7, 11) is 0. The molecule has 1 heterocycles. The van der Waals surface area contributed by atoms with E-state index in [0.29, 0.717) is 17.7 Å². The second kappa shape index (κ2) is 7.22. The van der Waals surface area contributed by atoms with Crippen LogP contribution in [0.25, 0.3) is 5.69 Å². The highest BCUT2D eigenvalue weighted by atomic mass is 16.3. The van der Waals surface area contributed by atoms with Gasteiger partial charge in [-0.3, -0.25) is 4.79 Å². The number of aliphatic hydroxyl groups is 1. The molecule has 0 spiro atoms. The highest BCUT2D eigenvalue weighted by molar-refractivity contribution is 5.95. The number of hydrogen-bond donors (Lipinski definition) is 2. The van der Waals surface area contributed by atoms with E-state index in [4.69, 9.17) is 5.11 Å². The molecule has 118 valence electrons. The zero-order chi connectivity index (χ0) is 16.1. The van der Waals surface area contributed by atoms with Gasteiger partial charge < -0.3 is 10.4 Å². The lowest BCUT2D eigenvalue weighted by molar-refractivity contribution is 0.0916. The molecule has 2 aromatic rings. The van der Waals surface area contributed by atoms with Crippen molar-refractivity contribution in [2.75, 3.05) is 6.61 Å². The third-order valence-electron chi connectivity index (χ3n) is 3.73. The first-order chi connectivity index (χ1) is 10.5. The summed E-state index contributed by atoms with van der Waals surface area (Å²) in [6, 6.07) is 9.64. The molecule has 2 N–H and O–H groups in total. The Bertz CT molecular complexity index is 620. The first kappa shape index (κ1) is 16.2. The Kier molecular flexibility index (Phi) is 5.33. The molecule has 5 heteroatoms. The summed E-state index contributed by atoms with van der Waals surface area (Å²) in [6.45, 7) is 5.94. The van der Waals surface area contributed by atoms with Gasteiger partial charge in [-0.1, -0.05) is 32.0 Å². The van der Waals surface area contributed by atoms with E-state index in [9.17, 15) is 4.79 Å². The number of carbonyl (C=O) groups excluding carboxylic acids is 1. The van der Waals surface area contributed by atoms with Crippen LogP contribution in [0.3, 0.4) is 0 Å². The number of aliphatic hydroxyl groups excluding tert-OH is 1. The molecule has 0 aliphatic carbocycles. The minimum Gasteiger partial charge on any atom is -0.396 e. The van der Waals surface area contributed by atoms with Crippen LogP contribution in [0.2, 0.25) is 0 Å². The zero-order valence-electron chi connectivity index (χ0n) is 13.3. The van der Waals surface area contributed by atoms with E-state index in [1.807, 2.05) is 51.1 Å². The highest BCUT2D eigenvalue weighted by Crippen LogP contribution is 2.13. The molecule has 1 unspecified atom stereocenters. The van der Waals surface area contributed by atoms with Crippen molar-refractivity contribution in [2.45, 2.75) is 33.2 Å². The van der Waals surface area contributed by atoms with Crippen LogP contribution in [0.15, 0.2) is 36.5 Å². The lowest BCUT2D eigenvalue weighted by Gasteiger charge is -2.21. The largest absolute Gasteiger partial charge is 0.396 e. The first-order valence-corrected chi connectivity index (χ1v) is 7.56. The van der Waals surface area contributed by atoms with Crippen LogP contribution >= 0.6 is 0 Å². The van der Waals surface area contributed by atoms with E-state index < -0.39 is 0 Å². The van der Waals surface area contributed by atoms with Gasteiger partial charge in [0.15, 0.2) is 0 Å². The second-order valence-corrected chi connectivity index (χ2v) is 5.74. The third kappa shape index (κ3) is 3.74. The number of carbonyl (C=O) groups is 1. The fraction of sp³-hybridized carbons (Fsp3) is 0.412. The summed E-state index contributed by atoms with van der Waals surface area (Å²) in [5, 5.41) is 16.5. The van der Waals surface area contributed by atoms with Crippen molar-refractivity contribution in [1.82, 2.24) is 15.1 Å². The molecule has 0 fully saturated rings. The third-order valence-corrected chi connectivity index (χ3v) is 3.73. The Balaban J connectivity index is 2.18. The van der Waals surface area contributed by atoms with Gasteiger partial charge in [0.25, 0.3) is 5.91 Å². The summed E-state index contributed by atoms with van der Waals surface area (Å²) < 4.78 is 1.71. The van der Waals surface area contributed by atoms with E-state index in [1.165, 1.54) is 0 Å². The fourth-order valence-electron chi connectivity index (χ4n) is 2.35. The fourth-order valence-corrected chi connectivity index (χ4v) is 2.35. The van der Waals surface area contributed by atoms with Crippen molar-refractivity contribution in [3.8, 4) is 5.69 Å². The van der Waals surface area contributed by atoms with Gasteiger partial charge in [-0.15, -0.1) is 0 Å². The van der Waals surface area contributed by atoms with Crippen LogP contribution in [0.5, 0.6) is 0 Å². The molecular weight excluding hydrogens is 278 g/mol. The quantitative estimate of drug-likeness (QED) is 0.860. The van der Waals surface area contributed by atoms with Crippen molar-refractivity contribution in [3.63, 3.8) is 0 Å². The van der Waals surface area contributed by atoms with Crippen molar-refractivity contribution in [1.29, 1.82) is 0 Å².